The van der Waals surface area contributed by atoms with Crippen LogP contribution in [0.25, 0.3) is 17.0 Å². The first-order valence-corrected chi connectivity index (χ1v) is 7.92. The van der Waals surface area contributed by atoms with E-state index in [0.717, 1.165) is 53.6 Å². The van der Waals surface area contributed by atoms with Crippen LogP contribution in [0.2, 0.25) is 0 Å². The van der Waals surface area contributed by atoms with Crippen LogP contribution in [-0.4, -0.2) is 46.1 Å². The second-order valence-corrected chi connectivity index (χ2v) is 6.01. The van der Waals surface area contributed by atoms with Crippen molar-refractivity contribution >= 4 is 27.4 Å². The molecule has 0 amide bonds. The van der Waals surface area contributed by atoms with Crippen LogP contribution in [0.5, 0.6) is 0 Å². The molecule has 0 bridgehead atoms. The number of anilines is 1. The van der Waals surface area contributed by atoms with E-state index in [4.69, 9.17) is 9.84 Å². The third-order valence-corrected chi connectivity index (χ3v) is 4.21. The van der Waals surface area contributed by atoms with Crippen molar-refractivity contribution in [1.82, 2.24) is 19.8 Å². The Morgan fingerprint density at radius 1 is 0.955 bits per heavy atom. The van der Waals surface area contributed by atoms with Gasteiger partial charge < -0.3 is 9.64 Å². The van der Waals surface area contributed by atoms with E-state index in [0.29, 0.717) is 0 Å². The summed E-state index contributed by atoms with van der Waals surface area (Å²) < 4.78 is 8.23. The molecule has 3 heterocycles. The Balaban J connectivity index is 1.77. The first-order chi connectivity index (χ1) is 10.8. The van der Waals surface area contributed by atoms with Gasteiger partial charge in [-0.2, -0.15) is 4.52 Å². The first-order valence-electron chi connectivity index (χ1n) is 7.12. The number of hydrogen-bond acceptors (Lipinski definition) is 5. The van der Waals surface area contributed by atoms with Crippen molar-refractivity contribution in [2.75, 3.05) is 31.2 Å². The second-order valence-electron chi connectivity index (χ2n) is 5.09. The van der Waals surface area contributed by atoms with Gasteiger partial charge in [0.1, 0.15) is 5.82 Å². The lowest BCUT2D eigenvalue weighted by Gasteiger charge is -2.27. The maximum absolute atomic E-state index is 5.39. The van der Waals surface area contributed by atoms with Gasteiger partial charge in [0, 0.05) is 23.1 Å². The minimum absolute atomic E-state index is 0.738. The maximum Gasteiger partial charge on any atom is 0.185 e. The number of hydrogen-bond donors (Lipinski definition) is 0. The molecular weight excluding hydrogens is 346 g/mol. The fourth-order valence-electron chi connectivity index (χ4n) is 2.52. The van der Waals surface area contributed by atoms with Gasteiger partial charge in [-0.05, 0) is 24.3 Å². The average molecular weight is 360 g/mol. The lowest BCUT2D eigenvalue weighted by molar-refractivity contribution is 0.122. The molecule has 0 saturated carbocycles. The van der Waals surface area contributed by atoms with Crippen LogP contribution in [-0.2, 0) is 4.74 Å². The zero-order valence-electron chi connectivity index (χ0n) is 11.8. The average Bonchev–Trinajstić information content (AvgIpc) is 2.99. The molecule has 0 spiro atoms. The number of aromatic nitrogens is 4. The van der Waals surface area contributed by atoms with Gasteiger partial charge in [0.25, 0.3) is 0 Å². The van der Waals surface area contributed by atoms with Crippen molar-refractivity contribution in [3.63, 3.8) is 0 Å². The highest BCUT2D eigenvalue weighted by atomic mass is 79.9. The summed E-state index contributed by atoms with van der Waals surface area (Å²) >= 11 is 3.45. The summed E-state index contributed by atoms with van der Waals surface area (Å²) in [6, 6.07) is 11.9. The van der Waals surface area contributed by atoms with Crippen molar-refractivity contribution in [3.8, 4) is 11.4 Å². The quantitative estimate of drug-likeness (QED) is 0.703. The standard InChI is InChI=1S/C15H14BrN5O/c16-12-3-1-11(2-4-12)15-18-17-13-5-6-14(19-21(13)15)20-7-9-22-10-8-20/h1-6H,7-10H2. The molecule has 1 aromatic carbocycles. The predicted octanol–water partition coefficient (Wildman–Crippen LogP) is 2.39. The molecule has 0 radical (unpaired) electrons. The van der Waals surface area contributed by atoms with Crippen LogP contribution in [0.3, 0.4) is 0 Å². The Morgan fingerprint density at radius 2 is 1.73 bits per heavy atom. The third kappa shape index (κ3) is 2.46. The Kier molecular flexibility index (Phi) is 3.51. The molecule has 1 saturated heterocycles. The van der Waals surface area contributed by atoms with Crippen LogP contribution in [0, 0.1) is 0 Å². The van der Waals surface area contributed by atoms with Crippen LogP contribution in [0.4, 0.5) is 5.82 Å². The monoisotopic (exact) mass is 359 g/mol. The minimum atomic E-state index is 0.738. The normalized spacial score (nSPS) is 15.4. The zero-order valence-corrected chi connectivity index (χ0v) is 13.4. The van der Waals surface area contributed by atoms with Crippen molar-refractivity contribution in [3.05, 3.63) is 40.9 Å². The predicted molar refractivity (Wildman–Crippen MR) is 87.0 cm³/mol. The lowest BCUT2D eigenvalue weighted by Crippen LogP contribution is -2.37. The second kappa shape index (κ2) is 5.66. The van der Waals surface area contributed by atoms with Crippen molar-refractivity contribution in [1.29, 1.82) is 0 Å². The molecule has 0 N–H and O–H groups in total. The molecule has 112 valence electrons. The number of ether oxygens (including phenoxy) is 1. The molecule has 6 nitrogen and oxygen atoms in total. The van der Waals surface area contributed by atoms with Gasteiger partial charge >= 0.3 is 0 Å². The molecule has 1 aliphatic heterocycles. The summed E-state index contributed by atoms with van der Waals surface area (Å²) in [5.41, 5.74) is 1.73. The van der Waals surface area contributed by atoms with Crippen molar-refractivity contribution in [2.24, 2.45) is 0 Å². The number of morpholine rings is 1. The third-order valence-electron chi connectivity index (χ3n) is 3.69. The van der Waals surface area contributed by atoms with E-state index in [1.54, 1.807) is 4.52 Å². The van der Waals surface area contributed by atoms with Crippen LogP contribution in [0.15, 0.2) is 40.9 Å². The smallest absolute Gasteiger partial charge is 0.185 e. The number of rotatable bonds is 2. The number of benzene rings is 1. The van der Waals surface area contributed by atoms with E-state index in [-0.39, 0.29) is 0 Å². The van der Waals surface area contributed by atoms with Gasteiger partial charge in [0.2, 0.25) is 0 Å². The van der Waals surface area contributed by atoms with Crippen molar-refractivity contribution in [2.45, 2.75) is 0 Å². The molecule has 7 heteroatoms. The summed E-state index contributed by atoms with van der Waals surface area (Å²) in [4.78, 5) is 2.22. The van der Waals surface area contributed by atoms with E-state index in [1.165, 1.54) is 0 Å². The van der Waals surface area contributed by atoms with Crippen LogP contribution < -0.4 is 4.90 Å². The zero-order chi connectivity index (χ0) is 14.9. The largest absolute Gasteiger partial charge is 0.378 e. The molecule has 1 aliphatic rings. The number of halogens is 1. The first kappa shape index (κ1) is 13.7. The number of nitrogens with zero attached hydrogens (tertiary/aromatic N) is 5. The molecule has 0 atom stereocenters. The van der Waals surface area contributed by atoms with E-state index in [2.05, 4.69) is 31.0 Å². The van der Waals surface area contributed by atoms with Crippen molar-refractivity contribution < 1.29 is 4.74 Å². The van der Waals surface area contributed by atoms with Gasteiger partial charge in [0.15, 0.2) is 11.5 Å². The summed E-state index contributed by atoms with van der Waals surface area (Å²) in [5, 5.41) is 13.2. The Labute approximate surface area is 135 Å². The summed E-state index contributed by atoms with van der Waals surface area (Å²) in [5.74, 6) is 1.67. The topological polar surface area (TPSA) is 55.5 Å². The molecule has 4 rings (SSSR count). The summed E-state index contributed by atoms with van der Waals surface area (Å²) in [7, 11) is 0. The van der Waals surface area contributed by atoms with Gasteiger partial charge in [-0.15, -0.1) is 15.3 Å². The molecule has 1 fully saturated rings. The lowest BCUT2D eigenvalue weighted by atomic mass is 10.2. The van der Waals surface area contributed by atoms with E-state index >= 15 is 0 Å². The Morgan fingerprint density at radius 3 is 2.50 bits per heavy atom. The molecular formula is C15H14BrN5O. The Bertz CT molecular complexity index is 795. The molecule has 2 aromatic heterocycles. The highest BCUT2D eigenvalue weighted by molar-refractivity contribution is 9.10. The molecule has 3 aromatic rings. The fourth-order valence-corrected chi connectivity index (χ4v) is 2.78. The number of fused-ring (bicyclic) bond motifs is 1. The Hall–Kier alpha value is -1.99. The van der Waals surface area contributed by atoms with E-state index < -0.39 is 0 Å². The highest BCUT2D eigenvalue weighted by Crippen LogP contribution is 2.22. The molecule has 0 aliphatic carbocycles. The van der Waals surface area contributed by atoms with Gasteiger partial charge in [-0.1, -0.05) is 28.1 Å². The fraction of sp³-hybridized carbons (Fsp3) is 0.267. The van der Waals surface area contributed by atoms with Gasteiger partial charge in [0.05, 0.1) is 13.2 Å². The van der Waals surface area contributed by atoms with Crippen LogP contribution >= 0.6 is 15.9 Å². The minimum Gasteiger partial charge on any atom is -0.378 e. The summed E-state index contributed by atoms with van der Waals surface area (Å²) in [6.07, 6.45) is 0. The SMILES string of the molecule is Brc1ccc(-c2nnc3ccc(N4CCOCC4)nn23)cc1. The molecule has 0 unspecified atom stereocenters. The van der Waals surface area contributed by atoms with E-state index in [1.807, 2.05) is 36.4 Å². The maximum atomic E-state index is 5.39. The van der Waals surface area contributed by atoms with Gasteiger partial charge in [-0.3, -0.25) is 0 Å². The van der Waals surface area contributed by atoms with Gasteiger partial charge in [-0.25, -0.2) is 0 Å². The summed E-state index contributed by atoms with van der Waals surface area (Å²) in [6.45, 7) is 3.19. The van der Waals surface area contributed by atoms with E-state index in [9.17, 15) is 0 Å². The van der Waals surface area contributed by atoms with Crippen LogP contribution in [0.1, 0.15) is 0 Å². The molecule has 22 heavy (non-hydrogen) atoms. The highest BCUT2D eigenvalue weighted by Gasteiger charge is 2.15.